The van der Waals surface area contributed by atoms with E-state index in [0.717, 1.165) is 31.3 Å². The summed E-state index contributed by atoms with van der Waals surface area (Å²) in [7, 11) is 0. The average Bonchev–Trinajstić information content (AvgIpc) is 3.08. The van der Waals surface area contributed by atoms with Crippen molar-refractivity contribution >= 4 is 23.5 Å². The second-order valence-corrected chi connectivity index (χ2v) is 14.0. The number of aliphatic hydroxyl groups is 2. The van der Waals surface area contributed by atoms with Crippen molar-refractivity contribution in [2.75, 3.05) is 5.88 Å². The molecule has 0 bridgehead atoms. The van der Waals surface area contributed by atoms with Gasteiger partial charge in [0.05, 0.1) is 18.1 Å². The number of fused-ring (bicyclic) bond motifs is 5. The monoisotopic (exact) mass is 538 g/mol. The molecule has 0 aromatic heterocycles. The van der Waals surface area contributed by atoms with E-state index in [1.165, 1.54) is 0 Å². The van der Waals surface area contributed by atoms with E-state index in [1.807, 2.05) is 19.9 Å². The van der Waals surface area contributed by atoms with E-state index in [9.17, 15) is 24.9 Å². The highest BCUT2D eigenvalue weighted by molar-refractivity contribution is 6.26. The highest BCUT2D eigenvalue weighted by Crippen LogP contribution is 2.74. The lowest BCUT2D eigenvalue weighted by atomic mass is 9.36. The van der Waals surface area contributed by atoms with Gasteiger partial charge in [-0.2, -0.15) is 0 Å². The standard InChI is InChI=1S/C30H47ClO6/c1-16(2)7-8-18(27(35)36)25-20-13-22(33)26-28(4)11-10-21(32)17(3)19(28)9-12-29(26,5)30(20,6)14-23(25)37-24(34)15-31/h7,17-23,25-26,32-33H,8-15H2,1-6H3,(H,35,36)/t17-,18+,19?,20?,21+,22?,23-,25+,26?,28-,29-,30-/m0/s1. The number of hydrogen-bond acceptors (Lipinski definition) is 5. The van der Waals surface area contributed by atoms with Crippen molar-refractivity contribution in [3.05, 3.63) is 11.6 Å². The molecule has 0 spiro atoms. The summed E-state index contributed by atoms with van der Waals surface area (Å²) in [6.07, 6.45) is 5.53. The van der Waals surface area contributed by atoms with Crippen molar-refractivity contribution in [1.82, 2.24) is 0 Å². The van der Waals surface area contributed by atoms with Gasteiger partial charge in [-0.15, -0.1) is 11.6 Å². The molecule has 0 heterocycles. The maximum absolute atomic E-state index is 12.6. The Kier molecular flexibility index (Phi) is 7.91. The third kappa shape index (κ3) is 4.47. The number of aliphatic carboxylic acids is 1. The molecule has 0 aliphatic heterocycles. The van der Waals surface area contributed by atoms with Crippen LogP contribution >= 0.6 is 11.6 Å². The Labute approximate surface area is 227 Å². The predicted molar refractivity (Wildman–Crippen MR) is 143 cm³/mol. The molecule has 4 aliphatic rings. The Hall–Kier alpha value is -1.11. The largest absolute Gasteiger partial charge is 0.481 e. The van der Waals surface area contributed by atoms with Crippen LogP contribution in [0.3, 0.4) is 0 Å². The van der Waals surface area contributed by atoms with Gasteiger partial charge < -0.3 is 20.1 Å². The number of halogens is 1. The van der Waals surface area contributed by atoms with Crippen LogP contribution in [0.25, 0.3) is 0 Å². The van der Waals surface area contributed by atoms with Crippen LogP contribution in [-0.4, -0.2) is 51.5 Å². The zero-order chi connectivity index (χ0) is 27.5. The van der Waals surface area contributed by atoms with Crippen molar-refractivity contribution in [3.8, 4) is 0 Å². The van der Waals surface area contributed by atoms with E-state index in [2.05, 4.69) is 27.7 Å². The van der Waals surface area contributed by atoms with E-state index in [1.54, 1.807) is 0 Å². The van der Waals surface area contributed by atoms with E-state index in [-0.39, 0.29) is 46.0 Å². The van der Waals surface area contributed by atoms with Crippen LogP contribution in [0.2, 0.25) is 0 Å². The van der Waals surface area contributed by atoms with Gasteiger partial charge in [0.15, 0.2) is 0 Å². The van der Waals surface area contributed by atoms with Crippen LogP contribution in [0.15, 0.2) is 11.6 Å². The van der Waals surface area contributed by atoms with Crippen LogP contribution < -0.4 is 0 Å². The molecule has 12 atom stereocenters. The van der Waals surface area contributed by atoms with Gasteiger partial charge in [0, 0.05) is 5.92 Å². The van der Waals surface area contributed by atoms with Gasteiger partial charge in [0.25, 0.3) is 0 Å². The van der Waals surface area contributed by atoms with Gasteiger partial charge in [0.1, 0.15) is 12.0 Å². The number of aliphatic hydroxyl groups excluding tert-OH is 2. The molecule has 4 saturated carbocycles. The molecular formula is C30H47ClO6. The van der Waals surface area contributed by atoms with Gasteiger partial charge in [-0.25, -0.2) is 0 Å². The Morgan fingerprint density at radius 1 is 1.05 bits per heavy atom. The molecular weight excluding hydrogens is 492 g/mol. The quantitative estimate of drug-likeness (QED) is 0.236. The van der Waals surface area contributed by atoms with Crippen molar-refractivity contribution in [1.29, 1.82) is 0 Å². The molecule has 4 unspecified atom stereocenters. The molecule has 4 aliphatic carbocycles. The first-order valence-electron chi connectivity index (χ1n) is 14.2. The Morgan fingerprint density at radius 3 is 2.32 bits per heavy atom. The zero-order valence-electron chi connectivity index (χ0n) is 23.4. The molecule has 0 radical (unpaired) electrons. The maximum Gasteiger partial charge on any atom is 0.321 e. The maximum atomic E-state index is 12.6. The van der Waals surface area contributed by atoms with E-state index >= 15 is 0 Å². The van der Waals surface area contributed by atoms with Crippen LogP contribution in [0, 0.1) is 51.8 Å². The fourth-order valence-electron chi connectivity index (χ4n) is 10.1. The van der Waals surface area contributed by atoms with Crippen LogP contribution in [0.1, 0.15) is 86.5 Å². The van der Waals surface area contributed by atoms with Crippen LogP contribution in [0.5, 0.6) is 0 Å². The number of carboxylic acid groups (broad SMARTS) is 1. The van der Waals surface area contributed by atoms with Crippen molar-refractivity contribution < 1.29 is 29.6 Å². The fraction of sp³-hybridized carbons (Fsp3) is 0.867. The van der Waals surface area contributed by atoms with Crippen LogP contribution in [-0.2, 0) is 14.3 Å². The summed E-state index contributed by atoms with van der Waals surface area (Å²) in [5, 5.41) is 32.9. The molecule has 0 amide bonds. The molecule has 7 heteroatoms. The number of rotatable bonds is 6. The number of allylic oxidation sites excluding steroid dienone is 2. The average molecular weight is 539 g/mol. The minimum Gasteiger partial charge on any atom is -0.481 e. The van der Waals surface area contributed by atoms with E-state index in [0.29, 0.717) is 25.2 Å². The zero-order valence-corrected chi connectivity index (χ0v) is 24.1. The Balaban J connectivity index is 1.78. The first kappa shape index (κ1) is 28.9. The third-order valence-electron chi connectivity index (χ3n) is 11.9. The number of alkyl halides is 1. The van der Waals surface area contributed by atoms with E-state index in [4.69, 9.17) is 16.3 Å². The summed E-state index contributed by atoms with van der Waals surface area (Å²) < 4.78 is 5.92. The highest BCUT2D eigenvalue weighted by Gasteiger charge is 2.72. The first-order chi connectivity index (χ1) is 17.2. The van der Waals surface area contributed by atoms with Crippen molar-refractivity contribution in [3.63, 3.8) is 0 Å². The minimum absolute atomic E-state index is 0.0409. The summed E-state index contributed by atoms with van der Waals surface area (Å²) in [4.78, 5) is 25.1. The summed E-state index contributed by atoms with van der Waals surface area (Å²) in [5.41, 5.74) is 0.401. The second kappa shape index (κ2) is 10.1. The minimum atomic E-state index is -0.883. The SMILES string of the molecule is CC(C)=CC[C@@H](C(=O)O)[C@@H]1C2CC(O)C3[C@@]4(C)CC[C@@H](O)[C@@H](C)C4CC[C@]3(C)[C@@]2(C)C[C@@H]1OC(=O)CCl. The Morgan fingerprint density at radius 2 is 1.73 bits per heavy atom. The predicted octanol–water partition coefficient (Wildman–Crippen LogP) is 5.43. The molecule has 4 rings (SSSR count). The highest BCUT2D eigenvalue weighted by atomic mass is 35.5. The van der Waals surface area contributed by atoms with Gasteiger partial charge in [-0.05, 0) is 98.7 Å². The summed E-state index contributed by atoms with van der Waals surface area (Å²) in [6.45, 7) is 13.0. The summed E-state index contributed by atoms with van der Waals surface area (Å²) in [6, 6.07) is 0. The topological polar surface area (TPSA) is 104 Å². The third-order valence-corrected chi connectivity index (χ3v) is 12.1. The molecule has 0 saturated heterocycles. The van der Waals surface area contributed by atoms with Gasteiger partial charge in [0.2, 0.25) is 0 Å². The lowest BCUT2D eigenvalue weighted by Crippen LogP contribution is -2.66. The van der Waals surface area contributed by atoms with Crippen molar-refractivity contribution in [2.45, 2.75) is 105 Å². The normalized spacial score (nSPS) is 47.7. The number of carboxylic acids is 1. The summed E-state index contributed by atoms with van der Waals surface area (Å²) >= 11 is 5.83. The Bertz CT molecular complexity index is 931. The lowest BCUT2D eigenvalue weighted by Gasteiger charge is -2.69. The van der Waals surface area contributed by atoms with Gasteiger partial charge in [-0.3, -0.25) is 9.59 Å². The first-order valence-corrected chi connectivity index (χ1v) is 14.7. The molecule has 37 heavy (non-hydrogen) atoms. The lowest BCUT2D eigenvalue weighted by molar-refractivity contribution is -0.240. The van der Waals surface area contributed by atoms with Crippen molar-refractivity contribution in [2.24, 2.45) is 51.8 Å². The smallest absolute Gasteiger partial charge is 0.321 e. The molecule has 3 N–H and O–H groups in total. The number of ether oxygens (including phenoxy) is 1. The summed E-state index contributed by atoms with van der Waals surface area (Å²) in [5.74, 6) is -2.28. The number of esters is 1. The van der Waals surface area contributed by atoms with Gasteiger partial charge >= 0.3 is 11.9 Å². The number of carbonyl (C=O) groups is 2. The number of carbonyl (C=O) groups excluding carboxylic acids is 1. The molecule has 210 valence electrons. The number of hydrogen-bond donors (Lipinski definition) is 3. The molecule has 0 aromatic rings. The fourth-order valence-corrected chi connectivity index (χ4v) is 10.2. The van der Waals surface area contributed by atoms with E-state index < -0.39 is 36.0 Å². The molecule has 0 aromatic carbocycles. The van der Waals surface area contributed by atoms with Crippen LogP contribution in [0.4, 0.5) is 0 Å². The molecule has 4 fully saturated rings. The second-order valence-electron chi connectivity index (χ2n) is 13.7. The van der Waals surface area contributed by atoms with Gasteiger partial charge in [-0.1, -0.05) is 39.3 Å². The molecule has 6 nitrogen and oxygen atoms in total.